The second kappa shape index (κ2) is 8.60. The zero-order valence-electron chi connectivity index (χ0n) is 17.4. The summed E-state index contributed by atoms with van der Waals surface area (Å²) >= 11 is 0. The van der Waals surface area contributed by atoms with E-state index in [0.29, 0.717) is 17.1 Å². The lowest BCUT2D eigenvalue weighted by atomic mass is 9.95. The lowest BCUT2D eigenvalue weighted by molar-refractivity contribution is -0.152. The third kappa shape index (κ3) is 4.58. The predicted octanol–water partition coefficient (Wildman–Crippen LogP) is 5.03. The van der Waals surface area contributed by atoms with Crippen LogP contribution in [-0.4, -0.2) is 19.0 Å². The van der Waals surface area contributed by atoms with Crippen molar-refractivity contribution in [3.8, 4) is 17.6 Å². The molecule has 1 aliphatic rings. The van der Waals surface area contributed by atoms with Gasteiger partial charge in [0.05, 0.1) is 12.5 Å². The van der Waals surface area contributed by atoms with Crippen molar-refractivity contribution in [3.05, 3.63) is 72.1 Å². The van der Waals surface area contributed by atoms with E-state index in [-0.39, 0.29) is 6.42 Å². The Labute approximate surface area is 179 Å². The van der Waals surface area contributed by atoms with Crippen molar-refractivity contribution in [2.24, 2.45) is 10.8 Å². The molecule has 31 heavy (non-hydrogen) atoms. The Bertz CT molecular complexity index is 1060. The molecule has 7 heteroatoms. The number of methoxy groups -OCH3 is 1. The summed E-state index contributed by atoms with van der Waals surface area (Å²) in [6.45, 7) is 3.51. The van der Waals surface area contributed by atoms with Crippen LogP contribution in [0.5, 0.6) is 11.5 Å². The fourth-order valence-corrected chi connectivity index (χ4v) is 3.43. The summed E-state index contributed by atoms with van der Waals surface area (Å²) in [6, 6.07) is 17.7. The average Bonchev–Trinajstić information content (AvgIpc) is 3.33. The molecule has 6 nitrogen and oxygen atoms in total. The van der Waals surface area contributed by atoms with Gasteiger partial charge in [-0.05, 0) is 42.2 Å². The van der Waals surface area contributed by atoms with E-state index in [1.54, 1.807) is 50.2 Å². The van der Waals surface area contributed by atoms with Gasteiger partial charge >= 0.3 is 11.9 Å². The number of esters is 2. The van der Waals surface area contributed by atoms with Crippen molar-refractivity contribution in [1.29, 1.82) is 5.26 Å². The molecule has 0 bridgehead atoms. The molecule has 2 atom stereocenters. The number of nitrogens with zero attached hydrogens (tertiary/aromatic N) is 1. The highest BCUT2D eigenvalue weighted by Crippen LogP contribution is 2.65. The molecule has 0 unspecified atom stereocenters. The Balaban J connectivity index is 1.81. The Morgan fingerprint density at radius 1 is 1.13 bits per heavy atom. The van der Waals surface area contributed by atoms with Crippen molar-refractivity contribution >= 4 is 11.9 Å². The van der Waals surface area contributed by atoms with Gasteiger partial charge in [-0.3, -0.25) is 4.79 Å². The molecule has 160 valence electrons. The van der Waals surface area contributed by atoms with Crippen LogP contribution >= 0.6 is 0 Å². The molecule has 0 heterocycles. The molecule has 0 aromatic heterocycles. The molecule has 0 amide bonds. The van der Waals surface area contributed by atoms with Gasteiger partial charge in [-0.1, -0.05) is 44.2 Å². The standard InChI is InChI=1S/C24H22FNO5/c1-23(2)15-24(23,13-19(25)21(27)29-3)22(28)31-20(14-26)16-8-7-11-18(12-16)30-17-9-5-4-6-10-17/h4-13,20H,15H2,1-3H3/b19-13+/t20-,24-/m1/s1. The molecule has 0 spiro atoms. The Hall–Kier alpha value is -3.66. The SMILES string of the molecule is COC(=O)/C(F)=C\[C@]1(C(=O)O[C@H](C#N)c2cccc(Oc3ccccc3)c2)CC1(C)C. The van der Waals surface area contributed by atoms with E-state index in [2.05, 4.69) is 4.74 Å². The predicted molar refractivity (Wildman–Crippen MR) is 109 cm³/mol. The maximum absolute atomic E-state index is 14.1. The number of rotatable bonds is 7. The van der Waals surface area contributed by atoms with Crippen molar-refractivity contribution in [3.63, 3.8) is 0 Å². The van der Waals surface area contributed by atoms with E-state index in [0.717, 1.165) is 13.2 Å². The number of benzene rings is 2. The van der Waals surface area contributed by atoms with Gasteiger partial charge in [-0.15, -0.1) is 0 Å². The van der Waals surface area contributed by atoms with E-state index < -0.39 is 34.7 Å². The molecular formula is C24H22FNO5. The Morgan fingerprint density at radius 3 is 2.35 bits per heavy atom. The van der Waals surface area contributed by atoms with Crippen LogP contribution in [0.3, 0.4) is 0 Å². The van der Waals surface area contributed by atoms with E-state index >= 15 is 0 Å². The van der Waals surface area contributed by atoms with Crippen LogP contribution in [0.1, 0.15) is 31.9 Å². The first-order valence-electron chi connectivity index (χ1n) is 9.63. The van der Waals surface area contributed by atoms with Crippen molar-refractivity contribution in [1.82, 2.24) is 0 Å². The quantitative estimate of drug-likeness (QED) is 0.459. The first-order chi connectivity index (χ1) is 14.7. The number of nitriles is 1. The van der Waals surface area contributed by atoms with Gasteiger partial charge in [0, 0.05) is 5.56 Å². The zero-order chi connectivity index (χ0) is 22.6. The van der Waals surface area contributed by atoms with Gasteiger partial charge < -0.3 is 14.2 Å². The Kier molecular flexibility index (Phi) is 6.11. The van der Waals surface area contributed by atoms with Crippen LogP contribution in [-0.2, 0) is 19.1 Å². The molecule has 2 aromatic carbocycles. The van der Waals surface area contributed by atoms with Gasteiger partial charge in [0.1, 0.15) is 17.6 Å². The molecule has 2 aromatic rings. The van der Waals surface area contributed by atoms with Gasteiger partial charge in [0.15, 0.2) is 0 Å². The summed E-state index contributed by atoms with van der Waals surface area (Å²) in [7, 11) is 1.05. The minimum atomic E-state index is -1.35. The first kappa shape index (κ1) is 22.0. The van der Waals surface area contributed by atoms with Crippen LogP contribution in [0.15, 0.2) is 66.5 Å². The van der Waals surface area contributed by atoms with E-state index in [1.807, 2.05) is 24.3 Å². The van der Waals surface area contributed by atoms with E-state index in [1.165, 1.54) is 0 Å². The second-order valence-corrected chi connectivity index (χ2v) is 7.92. The fourth-order valence-electron chi connectivity index (χ4n) is 3.43. The average molecular weight is 423 g/mol. The number of halogens is 1. The number of para-hydroxylation sites is 1. The number of carbonyl (C=O) groups excluding carboxylic acids is 2. The largest absolute Gasteiger partial charge is 0.464 e. The third-order valence-corrected chi connectivity index (χ3v) is 5.40. The van der Waals surface area contributed by atoms with Gasteiger partial charge in [-0.25, -0.2) is 4.79 Å². The lowest BCUT2D eigenvalue weighted by Crippen LogP contribution is -2.25. The van der Waals surface area contributed by atoms with E-state index in [9.17, 15) is 19.2 Å². The number of hydrogen-bond donors (Lipinski definition) is 0. The minimum absolute atomic E-state index is 0.276. The highest BCUT2D eigenvalue weighted by molar-refractivity contribution is 5.90. The van der Waals surface area contributed by atoms with Crippen molar-refractivity contribution < 1.29 is 28.2 Å². The van der Waals surface area contributed by atoms with Crippen LogP contribution < -0.4 is 4.74 Å². The topological polar surface area (TPSA) is 85.6 Å². The molecule has 3 rings (SSSR count). The minimum Gasteiger partial charge on any atom is -0.464 e. The second-order valence-electron chi connectivity index (χ2n) is 7.92. The molecule has 0 saturated heterocycles. The summed E-state index contributed by atoms with van der Waals surface area (Å²) < 4.78 is 29.7. The molecule has 1 fully saturated rings. The summed E-state index contributed by atoms with van der Waals surface area (Å²) in [5, 5.41) is 9.60. The normalized spacial score (nSPS) is 20.2. The van der Waals surface area contributed by atoms with Gasteiger partial charge in [-0.2, -0.15) is 9.65 Å². The molecule has 1 saturated carbocycles. The monoisotopic (exact) mass is 423 g/mol. The van der Waals surface area contributed by atoms with Crippen molar-refractivity contribution in [2.75, 3.05) is 7.11 Å². The smallest absolute Gasteiger partial charge is 0.366 e. The maximum Gasteiger partial charge on any atom is 0.366 e. The lowest BCUT2D eigenvalue weighted by Gasteiger charge is -2.19. The van der Waals surface area contributed by atoms with Crippen LogP contribution in [0, 0.1) is 22.2 Å². The van der Waals surface area contributed by atoms with Gasteiger partial charge in [0.2, 0.25) is 11.9 Å². The summed E-state index contributed by atoms with van der Waals surface area (Å²) in [6.07, 6.45) is -0.0157. The summed E-state index contributed by atoms with van der Waals surface area (Å²) in [5.41, 5.74) is -1.57. The van der Waals surface area contributed by atoms with Crippen LogP contribution in [0.4, 0.5) is 4.39 Å². The number of ether oxygens (including phenoxy) is 3. The van der Waals surface area contributed by atoms with Crippen LogP contribution in [0.2, 0.25) is 0 Å². The van der Waals surface area contributed by atoms with Gasteiger partial charge in [0.25, 0.3) is 0 Å². The van der Waals surface area contributed by atoms with Crippen molar-refractivity contribution in [2.45, 2.75) is 26.4 Å². The molecule has 0 radical (unpaired) electrons. The highest BCUT2D eigenvalue weighted by Gasteiger charge is 2.67. The third-order valence-electron chi connectivity index (χ3n) is 5.40. The molecule has 0 N–H and O–H groups in total. The fraction of sp³-hybridized carbons (Fsp3) is 0.292. The highest BCUT2D eigenvalue weighted by atomic mass is 19.1. The molecule has 0 aliphatic heterocycles. The Morgan fingerprint density at radius 2 is 1.77 bits per heavy atom. The number of carbonyl (C=O) groups is 2. The first-order valence-corrected chi connectivity index (χ1v) is 9.63. The maximum atomic E-state index is 14.1. The summed E-state index contributed by atoms with van der Waals surface area (Å²) in [5.74, 6) is -2.03. The molecule has 1 aliphatic carbocycles. The molecular weight excluding hydrogens is 401 g/mol. The van der Waals surface area contributed by atoms with Crippen LogP contribution in [0.25, 0.3) is 0 Å². The number of hydrogen-bond acceptors (Lipinski definition) is 6. The zero-order valence-corrected chi connectivity index (χ0v) is 17.4. The summed E-state index contributed by atoms with van der Waals surface area (Å²) in [4.78, 5) is 24.4. The van der Waals surface area contributed by atoms with E-state index in [4.69, 9.17) is 9.47 Å².